The number of carbonyl (C=O) groups is 1. The number of nitrogens with zero attached hydrogens (tertiary/aromatic N) is 2. The summed E-state index contributed by atoms with van der Waals surface area (Å²) in [5.74, 6) is 1.43. The summed E-state index contributed by atoms with van der Waals surface area (Å²) >= 11 is 1.62. The summed E-state index contributed by atoms with van der Waals surface area (Å²) in [5, 5.41) is 0.915. The monoisotopic (exact) mass is 444 g/mol. The van der Waals surface area contributed by atoms with Gasteiger partial charge in [0.15, 0.2) is 5.13 Å². The molecule has 2 aliphatic heterocycles. The zero-order valence-corrected chi connectivity index (χ0v) is 18.2. The molecule has 6 nitrogen and oxygen atoms in total. The molecule has 0 unspecified atom stereocenters. The predicted molar refractivity (Wildman–Crippen MR) is 123 cm³/mol. The van der Waals surface area contributed by atoms with E-state index in [1.54, 1.807) is 18.4 Å². The van der Waals surface area contributed by atoms with Gasteiger partial charge in [-0.1, -0.05) is 53.8 Å². The molecule has 1 fully saturated rings. The summed E-state index contributed by atoms with van der Waals surface area (Å²) in [6, 6.07) is 21.2. The molecular weight excluding hydrogens is 424 g/mol. The lowest BCUT2D eigenvalue weighted by atomic mass is 9.88. The first-order chi connectivity index (χ1) is 15.7. The van der Waals surface area contributed by atoms with E-state index in [-0.39, 0.29) is 12.1 Å². The first kappa shape index (κ1) is 19.1. The van der Waals surface area contributed by atoms with E-state index in [2.05, 4.69) is 4.90 Å². The van der Waals surface area contributed by atoms with Crippen LogP contribution in [0.2, 0.25) is 0 Å². The number of rotatable bonds is 4. The van der Waals surface area contributed by atoms with Gasteiger partial charge in [0, 0.05) is 11.1 Å². The van der Waals surface area contributed by atoms with Gasteiger partial charge in [-0.25, -0.2) is 4.98 Å². The minimum Gasteiger partial charge on any atom is -0.494 e. The quantitative estimate of drug-likeness (QED) is 0.414. The van der Waals surface area contributed by atoms with Crippen molar-refractivity contribution in [3.63, 3.8) is 0 Å². The second kappa shape index (κ2) is 7.53. The Balaban J connectivity index is 1.19. The second-order valence-electron chi connectivity index (χ2n) is 7.88. The van der Waals surface area contributed by atoms with E-state index in [0.717, 1.165) is 32.2 Å². The predicted octanol–water partition coefficient (Wildman–Crippen LogP) is 4.97. The van der Waals surface area contributed by atoms with E-state index in [1.807, 2.05) is 66.7 Å². The van der Waals surface area contributed by atoms with Gasteiger partial charge in [-0.2, -0.15) is 0 Å². The molecule has 1 aromatic heterocycles. The van der Waals surface area contributed by atoms with E-state index < -0.39 is 5.92 Å². The molecule has 3 heterocycles. The van der Waals surface area contributed by atoms with E-state index >= 15 is 0 Å². The lowest BCUT2D eigenvalue weighted by Gasteiger charge is -2.39. The average Bonchev–Trinajstić information content (AvgIpc) is 3.23. The van der Waals surface area contributed by atoms with E-state index in [9.17, 15) is 4.79 Å². The van der Waals surface area contributed by atoms with Crippen LogP contribution in [0.3, 0.4) is 0 Å². The van der Waals surface area contributed by atoms with Crippen LogP contribution < -0.4 is 14.4 Å². The highest BCUT2D eigenvalue weighted by Crippen LogP contribution is 2.45. The van der Waals surface area contributed by atoms with Crippen molar-refractivity contribution in [2.75, 3.05) is 25.1 Å². The number of carbonyl (C=O) groups excluding carboxylic acids is 1. The Bertz CT molecular complexity index is 1280. The number of esters is 1. The number of ether oxygens (including phenoxy) is 3. The van der Waals surface area contributed by atoms with Gasteiger partial charge in [-0.15, -0.1) is 0 Å². The molecule has 0 saturated carbocycles. The number of hydrogen-bond donors (Lipinski definition) is 0. The maximum absolute atomic E-state index is 13.3. The average molecular weight is 445 g/mol. The van der Waals surface area contributed by atoms with Crippen molar-refractivity contribution in [3.8, 4) is 17.2 Å². The fourth-order valence-electron chi connectivity index (χ4n) is 4.28. The third kappa shape index (κ3) is 3.08. The number of fused-ring (bicyclic) bond motifs is 3. The third-order valence-electron chi connectivity index (χ3n) is 5.91. The zero-order valence-electron chi connectivity index (χ0n) is 17.4. The summed E-state index contributed by atoms with van der Waals surface area (Å²) in [5.41, 5.74) is 2.54. The van der Waals surface area contributed by atoms with Crippen molar-refractivity contribution >= 4 is 32.7 Å². The Hall–Kier alpha value is -3.58. The number of anilines is 1. The third-order valence-corrected chi connectivity index (χ3v) is 6.99. The Morgan fingerprint density at radius 3 is 2.38 bits per heavy atom. The van der Waals surface area contributed by atoms with E-state index in [4.69, 9.17) is 19.2 Å². The van der Waals surface area contributed by atoms with Crippen molar-refractivity contribution in [2.45, 2.75) is 12.0 Å². The van der Waals surface area contributed by atoms with Crippen molar-refractivity contribution < 1.29 is 19.0 Å². The molecule has 0 N–H and O–H groups in total. The van der Waals surface area contributed by atoms with Crippen LogP contribution >= 0.6 is 11.3 Å². The highest BCUT2D eigenvalue weighted by atomic mass is 32.1. The summed E-state index contributed by atoms with van der Waals surface area (Å²) in [6.07, 6.45) is -0.168. The van der Waals surface area contributed by atoms with Crippen LogP contribution in [0, 0.1) is 0 Å². The summed E-state index contributed by atoms with van der Waals surface area (Å²) in [7, 11) is 1.65. The number of hydrogen-bond acceptors (Lipinski definition) is 7. The van der Waals surface area contributed by atoms with Crippen LogP contribution in [-0.2, 0) is 9.53 Å². The first-order valence-electron chi connectivity index (χ1n) is 10.5. The van der Waals surface area contributed by atoms with Crippen molar-refractivity contribution in [2.24, 2.45) is 0 Å². The molecule has 0 bridgehead atoms. The van der Waals surface area contributed by atoms with Crippen LogP contribution in [0.1, 0.15) is 17.0 Å². The molecule has 1 saturated heterocycles. The molecule has 6 rings (SSSR count). The van der Waals surface area contributed by atoms with Gasteiger partial charge < -0.3 is 19.1 Å². The van der Waals surface area contributed by atoms with E-state index in [1.165, 1.54) is 0 Å². The van der Waals surface area contributed by atoms with Gasteiger partial charge in [0.25, 0.3) is 0 Å². The minimum atomic E-state index is -0.489. The van der Waals surface area contributed by atoms with Gasteiger partial charge in [0.2, 0.25) is 0 Å². The summed E-state index contributed by atoms with van der Waals surface area (Å²) in [6.45, 7) is 1.25. The fourth-order valence-corrected chi connectivity index (χ4v) is 5.28. The first-order valence-corrected chi connectivity index (χ1v) is 11.3. The van der Waals surface area contributed by atoms with Crippen LogP contribution in [0.25, 0.3) is 10.2 Å². The summed E-state index contributed by atoms with van der Waals surface area (Å²) < 4.78 is 18.4. The standard InChI is InChI=1S/C25H20N2O4S/c1-29-20-11-6-12-21-23(20)26-25(32-21)27-13-15(14-27)30-24(28)22-16-7-2-4-9-18(16)31-19-10-5-3-8-17(19)22/h2-12,15,22H,13-14H2,1H3. The second-order valence-corrected chi connectivity index (χ2v) is 8.89. The number of benzene rings is 3. The lowest BCUT2D eigenvalue weighted by molar-refractivity contribution is -0.151. The van der Waals surface area contributed by atoms with Crippen LogP contribution in [0.15, 0.2) is 66.7 Å². The van der Waals surface area contributed by atoms with Gasteiger partial charge >= 0.3 is 5.97 Å². The number of aromatic nitrogens is 1. The van der Waals surface area contributed by atoms with Crippen LogP contribution in [0.4, 0.5) is 5.13 Å². The molecule has 32 heavy (non-hydrogen) atoms. The van der Waals surface area contributed by atoms with Crippen molar-refractivity contribution in [1.82, 2.24) is 4.98 Å². The van der Waals surface area contributed by atoms with Crippen LogP contribution in [-0.4, -0.2) is 37.3 Å². The molecular formula is C25H20N2O4S. The Labute approximate surface area is 189 Å². The largest absolute Gasteiger partial charge is 0.494 e. The van der Waals surface area contributed by atoms with Gasteiger partial charge in [0.1, 0.15) is 34.8 Å². The molecule has 3 aromatic carbocycles. The number of methoxy groups -OCH3 is 1. The van der Waals surface area contributed by atoms with Crippen molar-refractivity contribution in [3.05, 3.63) is 77.9 Å². The highest BCUT2D eigenvalue weighted by molar-refractivity contribution is 7.22. The molecule has 7 heteroatoms. The molecule has 0 amide bonds. The Morgan fingerprint density at radius 2 is 1.69 bits per heavy atom. The summed E-state index contributed by atoms with van der Waals surface area (Å²) in [4.78, 5) is 20.1. The molecule has 0 spiro atoms. The topological polar surface area (TPSA) is 60.9 Å². The maximum atomic E-state index is 13.3. The Morgan fingerprint density at radius 1 is 1.00 bits per heavy atom. The molecule has 4 aromatic rings. The zero-order chi connectivity index (χ0) is 21.7. The van der Waals surface area contributed by atoms with Crippen LogP contribution in [0.5, 0.6) is 17.2 Å². The molecule has 0 radical (unpaired) electrons. The fraction of sp³-hybridized carbons (Fsp3) is 0.200. The number of para-hydroxylation sites is 3. The highest BCUT2D eigenvalue weighted by Gasteiger charge is 2.38. The smallest absolute Gasteiger partial charge is 0.318 e. The lowest BCUT2D eigenvalue weighted by Crippen LogP contribution is -2.53. The van der Waals surface area contributed by atoms with E-state index in [0.29, 0.717) is 24.6 Å². The number of thiazole rings is 1. The molecule has 0 atom stereocenters. The molecule has 0 aliphatic carbocycles. The normalized spacial score (nSPS) is 15.5. The van der Waals surface area contributed by atoms with Gasteiger partial charge in [-0.05, 0) is 24.3 Å². The van der Waals surface area contributed by atoms with Gasteiger partial charge in [0.05, 0.1) is 24.9 Å². The van der Waals surface area contributed by atoms with Gasteiger partial charge in [-0.3, -0.25) is 4.79 Å². The maximum Gasteiger partial charge on any atom is 0.318 e. The molecule has 2 aliphatic rings. The van der Waals surface area contributed by atoms with Crippen molar-refractivity contribution in [1.29, 1.82) is 0 Å². The molecule has 160 valence electrons. The Kier molecular flexibility index (Phi) is 4.50. The SMILES string of the molecule is COc1cccc2sc(N3CC(OC(=O)C4c5ccccc5Oc5ccccc54)C3)nc12. The minimum absolute atomic E-state index is 0.168.